The third kappa shape index (κ3) is 3.50. The van der Waals surface area contributed by atoms with Gasteiger partial charge in [-0.1, -0.05) is 72.8 Å². The van der Waals surface area contributed by atoms with Crippen molar-refractivity contribution in [3.63, 3.8) is 0 Å². The van der Waals surface area contributed by atoms with Gasteiger partial charge in [0.15, 0.2) is 0 Å². The maximum absolute atomic E-state index is 12.4. The number of amides is 1. The van der Waals surface area contributed by atoms with Gasteiger partial charge in [0.25, 0.3) is 5.91 Å². The van der Waals surface area contributed by atoms with Gasteiger partial charge in [0, 0.05) is 35.8 Å². The summed E-state index contributed by atoms with van der Waals surface area (Å²) in [6.45, 7) is 2.91. The van der Waals surface area contributed by atoms with E-state index in [4.69, 9.17) is 23.8 Å². The number of carbonyl (C=O) groups excluding carboxylic acids is 1. The standard InChI is InChI=1S/C22H19ClN2OS2/c1-3-15-5-4-6-18-16(11-19-21(26)24(2)22(27)28-19)13-25(20(15)18)12-14-7-9-17(23)10-8-14/h4-11,13H,3,12H2,1-2H3/b19-11-. The molecule has 1 fully saturated rings. The van der Waals surface area contributed by atoms with E-state index in [1.165, 1.54) is 33.3 Å². The van der Waals surface area contributed by atoms with Crippen LogP contribution in [0.1, 0.15) is 23.6 Å². The zero-order valence-corrected chi connectivity index (χ0v) is 18.0. The number of thiocarbonyl (C=S) groups is 1. The summed E-state index contributed by atoms with van der Waals surface area (Å²) >= 11 is 12.6. The van der Waals surface area contributed by atoms with Crippen molar-refractivity contribution in [1.82, 2.24) is 9.47 Å². The number of hydrogen-bond donors (Lipinski definition) is 0. The van der Waals surface area contributed by atoms with Gasteiger partial charge in [-0.3, -0.25) is 9.69 Å². The van der Waals surface area contributed by atoms with Crippen LogP contribution in [0, 0.1) is 0 Å². The Morgan fingerprint density at radius 3 is 2.57 bits per heavy atom. The van der Waals surface area contributed by atoms with Crippen molar-refractivity contribution in [2.45, 2.75) is 19.9 Å². The maximum atomic E-state index is 12.4. The number of thioether (sulfide) groups is 1. The minimum Gasteiger partial charge on any atom is -0.342 e. The number of fused-ring (bicyclic) bond motifs is 1. The van der Waals surface area contributed by atoms with Gasteiger partial charge in [0.1, 0.15) is 4.32 Å². The molecule has 28 heavy (non-hydrogen) atoms. The summed E-state index contributed by atoms with van der Waals surface area (Å²) in [5.74, 6) is -0.0414. The van der Waals surface area contributed by atoms with E-state index in [9.17, 15) is 4.79 Å². The van der Waals surface area contributed by atoms with Crippen LogP contribution in [0.15, 0.2) is 53.6 Å². The number of aromatic nitrogens is 1. The summed E-state index contributed by atoms with van der Waals surface area (Å²) in [7, 11) is 1.72. The molecule has 0 bridgehead atoms. The van der Waals surface area contributed by atoms with Crippen molar-refractivity contribution in [3.05, 3.63) is 75.3 Å². The van der Waals surface area contributed by atoms with E-state index in [0.29, 0.717) is 9.23 Å². The lowest BCUT2D eigenvalue weighted by atomic mass is 10.1. The number of likely N-dealkylation sites (N-methyl/N-ethyl adjacent to an activating group) is 1. The molecule has 0 radical (unpaired) electrons. The zero-order chi connectivity index (χ0) is 19.8. The topological polar surface area (TPSA) is 25.2 Å². The molecule has 1 amide bonds. The number of rotatable bonds is 4. The van der Waals surface area contributed by atoms with Crippen molar-refractivity contribution >= 4 is 62.8 Å². The normalized spacial score (nSPS) is 16.0. The summed E-state index contributed by atoms with van der Waals surface area (Å²) in [6.07, 6.45) is 5.03. The van der Waals surface area contributed by atoms with Crippen LogP contribution in [0.3, 0.4) is 0 Å². The van der Waals surface area contributed by atoms with Crippen LogP contribution in [0.5, 0.6) is 0 Å². The molecule has 1 aliphatic heterocycles. The molecule has 3 nitrogen and oxygen atoms in total. The fourth-order valence-corrected chi connectivity index (χ4v) is 4.76. The highest BCUT2D eigenvalue weighted by molar-refractivity contribution is 8.26. The summed E-state index contributed by atoms with van der Waals surface area (Å²) in [5, 5.41) is 1.88. The molecule has 0 spiro atoms. The molecule has 0 N–H and O–H groups in total. The first-order valence-corrected chi connectivity index (χ1v) is 10.6. The van der Waals surface area contributed by atoms with Crippen molar-refractivity contribution in [2.24, 2.45) is 0 Å². The molecule has 1 saturated heterocycles. The van der Waals surface area contributed by atoms with Gasteiger partial charge in [-0.25, -0.2) is 0 Å². The molecule has 2 heterocycles. The fourth-order valence-electron chi connectivity index (χ4n) is 3.46. The van der Waals surface area contributed by atoms with Crippen LogP contribution in [0.2, 0.25) is 5.02 Å². The van der Waals surface area contributed by atoms with E-state index in [-0.39, 0.29) is 5.91 Å². The number of halogens is 1. The second-order valence-electron chi connectivity index (χ2n) is 6.75. The number of nitrogens with zero attached hydrogens (tertiary/aromatic N) is 2. The van der Waals surface area contributed by atoms with Gasteiger partial charge in [-0.05, 0) is 35.8 Å². The Morgan fingerprint density at radius 2 is 1.93 bits per heavy atom. The molecule has 0 aliphatic carbocycles. The molecule has 1 aromatic heterocycles. The third-order valence-corrected chi connectivity index (χ3v) is 6.67. The zero-order valence-electron chi connectivity index (χ0n) is 15.6. The van der Waals surface area contributed by atoms with Crippen LogP contribution in [-0.4, -0.2) is 26.7 Å². The molecular formula is C22H19ClN2OS2. The third-order valence-electron chi connectivity index (χ3n) is 4.93. The molecule has 3 aromatic rings. The molecule has 2 aromatic carbocycles. The Bertz CT molecular complexity index is 1120. The van der Waals surface area contributed by atoms with Gasteiger partial charge < -0.3 is 4.57 Å². The van der Waals surface area contributed by atoms with E-state index < -0.39 is 0 Å². The minimum atomic E-state index is -0.0414. The summed E-state index contributed by atoms with van der Waals surface area (Å²) < 4.78 is 2.85. The number of benzene rings is 2. The van der Waals surface area contributed by atoms with Gasteiger partial charge in [0.05, 0.1) is 10.4 Å². The second-order valence-corrected chi connectivity index (χ2v) is 8.86. The first kappa shape index (κ1) is 19.2. The monoisotopic (exact) mass is 426 g/mol. The molecule has 0 saturated carbocycles. The summed E-state index contributed by atoms with van der Waals surface area (Å²) in [4.78, 5) is 14.6. The molecule has 6 heteroatoms. The molecule has 0 atom stereocenters. The molecule has 4 rings (SSSR count). The molecule has 1 aliphatic rings. The largest absolute Gasteiger partial charge is 0.342 e. The number of para-hydroxylation sites is 1. The highest BCUT2D eigenvalue weighted by atomic mass is 35.5. The van der Waals surface area contributed by atoms with Crippen molar-refractivity contribution in [3.8, 4) is 0 Å². The van der Waals surface area contributed by atoms with E-state index in [2.05, 4.69) is 35.9 Å². The van der Waals surface area contributed by atoms with Crippen LogP contribution >= 0.6 is 35.6 Å². The maximum Gasteiger partial charge on any atom is 0.265 e. The Kier molecular flexibility index (Phi) is 5.32. The Balaban J connectivity index is 1.83. The highest BCUT2D eigenvalue weighted by Gasteiger charge is 2.29. The average molecular weight is 427 g/mol. The molecule has 142 valence electrons. The van der Waals surface area contributed by atoms with Crippen LogP contribution in [0.4, 0.5) is 0 Å². The molecule has 0 unspecified atom stereocenters. The Labute approximate surface area is 179 Å². The molecular weight excluding hydrogens is 408 g/mol. The van der Waals surface area contributed by atoms with Crippen molar-refractivity contribution < 1.29 is 4.79 Å². The second kappa shape index (κ2) is 7.74. The van der Waals surface area contributed by atoms with E-state index >= 15 is 0 Å². The van der Waals surface area contributed by atoms with E-state index in [0.717, 1.165) is 28.9 Å². The summed E-state index contributed by atoms with van der Waals surface area (Å²) in [6, 6.07) is 14.3. The average Bonchev–Trinajstić information content (AvgIpc) is 3.16. The van der Waals surface area contributed by atoms with Crippen LogP contribution < -0.4 is 0 Å². The highest BCUT2D eigenvalue weighted by Crippen LogP contribution is 2.34. The number of aryl methyl sites for hydroxylation is 1. The van der Waals surface area contributed by atoms with E-state index in [1.54, 1.807) is 7.05 Å². The first-order valence-electron chi connectivity index (χ1n) is 9.04. The fraction of sp³-hybridized carbons (Fsp3) is 0.182. The Hall–Kier alpha value is -2.08. The smallest absolute Gasteiger partial charge is 0.265 e. The van der Waals surface area contributed by atoms with Crippen LogP contribution in [0.25, 0.3) is 17.0 Å². The van der Waals surface area contributed by atoms with Gasteiger partial charge >= 0.3 is 0 Å². The van der Waals surface area contributed by atoms with Gasteiger partial charge in [0.2, 0.25) is 0 Å². The van der Waals surface area contributed by atoms with Crippen molar-refractivity contribution in [1.29, 1.82) is 0 Å². The van der Waals surface area contributed by atoms with E-state index in [1.807, 2.05) is 30.3 Å². The lowest BCUT2D eigenvalue weighted by Crippen LogP contribution is -2.22. The predicted octanol–water partition coefficient (Wildman–Crippen LogP) is 5.74. The lowest BCUT2D eigenvalue weighted by molar-refractivity contribution is -0.121. The number of hydrogen-bond acceptors (Lipinski definition) is 3. The first-order chi connectivity index (χ1) is 13.5. The predicted molar refractivity (Wildman–Crippen MR) is 123 cm³/mol. The van der Waals surface area contributed by atoms with Gasteiger partial charge in [-0.2, -0.15) is 0 Å². The SMILES string of the molecule is CCc1cccc2c(/C=C3\SC(=S)N(C)C3=O)cn(Cc3ccc(Cl)cc3)c12. The lowest BCUT2D eigenvalue weighted by Gasteiger charge is -2.09. The Morgan fingerprint density at radius 1 is 1.18 bits per heavy atom. The minimum absolute atomic E-state index is 0.0414. The van der Waals surface area contributed by atoms with Crippen LogP contribution in [-0.2, 0) is 17.8 Å². The summed E-state index contributed by atoms with van der Waals surface area (Å²) in [5.41, 5.74) is 4.71. The van der Waals surface area contributed by atoms with Gasteiger partial charge in [-0.15, -0.1) is 0 Å². The number of carbonyl (C=O) groups is 1. The quantitative estimate of drug-likeness (QED) is 0.393. The van der Waals surface area contributed by atoms with Crippen molar-refractivity contribution in [2.75, 3.05) is 7.05 Å².